The van der Waals surface area contributed by atoms with Gasteiger partial charge < -0.3 is 0 Å². The highest BCUT2D eigenvalue weighted by molar-refractivity contribution is 8.00. The molecule has 20 heavy (non-hydrogen) atoms. The molecular formula is C13H15N3OS3. The first kappa shape index (κ1) is 15.3. The van der Waals surface area contributed by atoms with Crippen molar-refractivity contribution in [3.8, 4) is 0 Å². The van der Waals surface area contributed by atoms with E-state index in [2.05, 4.69) is 29.4 Å². The van der Waals surface area contributed by atoms with Gasteiger partial charge in [0, 0.05) is 10.1 Å². The van der Waals surface area contributed by atoms with Crippen molar-refractivity contribution >= 4 is 45.9 Å². The predicted octanol–water partition coefficient (Wildman–Crippen LogP) is 4.01. The minimum atomic E-state index is -0.141. The Morgan fingerprint density at radius 2 is 2.05 bits per heavy atom. The van der Waals surface area contributed by atoms with Gasteiger partial charge in [0.05, 0.1) is 5.56 Å². The molecule has 0 radical (unpaired) electrons. The Bertz CT molecular complexity index is 598. The maximum Gasteiger partial charge on any atom is 0.258 e. The summed E-state index contributed by atoms with van der Waals surface area (Å²) in [7, 11) is 0. The van der Waals surface area contributed by atoms with E-state index in [1.807, 2.05) is 30.5 Å². The second kappa shape index (κ2) is 7.10. The summed E-state index contributed by atoms with van der Waals surface area (Å²) in [4.78, 5) is 13.3. The first-order valence-corrected chi connectivity index (χ1v) is 8.96. The highest BCUT2D eigenvalue weighted by atomic mass is 32.2. The fourth-order valence-electron chi connectivity index (χ4n) is 1.52. The van der Waals surface area contributed by atoms with E-state index in [-0.39, 0.29) is 5.91 Å². The monoisotopic (exact) mass is 325 g/mol. The van der Waals surface area contributed by atoms with E-state index in [4.69, 9.17) is 0 Å². The lowest BCUT2D eigenvalue weighted by Crippen LogP contribution is -2.13. The molecule has 1 N–H and O–H groups in total. The van der Waals surface area contributed by atoms with E-state index in [0.29, 0.717) is 15.9 Å². The second-order valence-corrected chi connectivity index (χ2v) is 7.84. The number of carbonyl (C=O) groups is 1. The van der Waals surface area contributed by atoms with Crippen LogP contribution in [0.2, 0.25) is 0 Å². The number of amides is 1. The summed E-state index contributed by atoms with van der Waals surface area (Å²) in [5.74, 6) is -0.141. The van der Waals surface area contributed by atoms with Crippen molar-refractivity contribution in [3.63, 3.8) is 0 Å². The van der Waals surface area contributed by atoms with Gasteiger partial charge in [0.25, 0.3) is 5.91 Å². The molecule has 2 rings (SSSR count). The molecule has 0 aliphatic rings. The summed E-state index contributed by atoms with van der Waals surface area (Å²) in [6.45, 7) is 4.21. The van der Waals surface area contributed by atoms with Gasteiger partial charge >= 0.3 is 0 Å². The topological polar surface area (TPSA) is 54.9 Å². The Morgan fingerprint density at radius 3 is 2.70 bits per heavy atom. The summed E-state index contributed by atoms with van der Waals surface area (Å²) in [6.07, 6.45) is 1.93. The fourth-order valence-corrected chi connectivity index (χ4v) is 3.64. The Balaban J connectivity index is 2.16. The zero-order valence-electron chi connectivity index (χ0n) is 11.4. The van der Waals surface area contributed by atoms with Crippen LogP contribution in [0.5, 0.6) is 0 Å². The maximum atomic E-state index is 12.3. The average Bonchev–Trinajstić information content (AvgIpc) is 2.86. The number of carbonyl (C=O) groups excluding carboxylic acids is 1. The molecule has 0 unspecified atom stereocenters. The van der Waals surface area contributed by atoms with Crippen molar-refractivity contribution in [1.82, 2.24) is 10.2 Å². The van der Waals surface area contributed by atoms with E-state index in [9.17, 15) is 4.79 Å². The van der Waals surface area contributed by atoms with Crippen molar-refractivity contribution < 1.29 is 4.79 Å². The minimum Gasteiger partial charge on any atom is -0.296 e. The lowest BCUT2D eigenvalue weighted by atomic mass is 10.2. The van der Waals surface area contributed by atoms with Crippen LogP contribution in [-0.4, -0.2) is 27.6 Å². The van der Waals surface area contributed by atoms with Gasteiger partial charge in [0.1, 0.15) is 0 Å². The molecule has 0 aliphatic carbocycles. The maximum absolute atomic E-state index is 12.3. The number of rotatable bonds is 5. The number of aromatic nitrogens is 2. The van der Waals surface area contributed by atoms with Crippen LogP contribution in [0.3, 0.4) is 0 Å². The molecule has 7 heteroatoms. The average molecular weight is 325 g/mol. The van der Waals surface area contributed by atoms with E-state index < -0.39 is 0 Å². The molecule has 106 valence electrons. The predicted molar refractivity (Wildman–Crippen MR) is 87.1 cm³/mol. The van der Waals surface area contributed by atoms with Crippen molar-refractivity contribution in [2.45, 2.75) is 28.3 Å². The SMILES string of the molecule is CSc1nnc(NC(=O)c2ccccc2SC(C)C)s1. The van der Waals surface area contributed by atoms with Crippen LogP contribution in [0.4, 0.5) is 5.13 Å². The molecule has 0 atom stereocenters. The number of nitrogens with zero attached hydrogens (tertiary/aromatic N) is 2. The molecule has 1 aromatic heterocycles. The third-order valence-corrected chi connectivity index (χ3v) is 5.19. The molecule has 0 fully saturated rings. The second-order valence-electron chi connectivity index (χ2n) is 4.19. The molecule has 1 amide bonds. The Hall–Kier alpha value is -1.05. The smallest absolute Gasteiger partial charge is 0.258 e. The molecule has 0 aliphatic heterocycles. The van der Waals surface area contributed by atoms with Crippen LogP contribution in [-0.2, 0) is 0 Å². The lowest BCUT2D eigenvalue weighted by molar-refractivity contribution is 0.102. The highest BCUT2D eigenvalue weighted by Crippen LogP contribution is 2.28. The normalized spacial score (nSPS) is 10.8. The largest absolute Gasteiger partial charge is 0.296 e. The number of thioether (sulfide) groups is 2. The number of benzene rings is 1. The van der Waals surface area contributed by atoms with E-state index in [0.717, 1.165) is 9.24 Å². The van der Waals surface area contributed by atoms with Crippen molar-refractivity contribution in [2.24, 2.45) is 0 Å². The number of nitrogens with one attached hydrogen (secondary N) is 1. The highest BCUT2D eigenvalue weighted by Gasteiger charge is 2.14. The van der Waals surface area contributed by atoms with Crippen LogP contribution < -0.4 is 5.32 Å². The quantitative estimate of drug-likeness (QED) is 0.665. The molecule has 0 saturated heterocycles. The van der Waals surface area contributed by atoms with Gasteiger partial charge in [-0.15, -0.1) is 22.0 Å². The first-order chi connectivity index (χ1) is 9.60. The Kier molecular flexibility index (Phi) is 5.45. The standard InChI is InChI=1S/C13H15N3OS3/c1-8(2)19-10-7-5-4-6-9(10)11(17)14-12-15-16-13(18-3)20-12/h4-8H,1-3H3,(H,14,15,17). The summed E-state index contributed by atoms with van der Waals surface area (Å²) in [5.41, 5.74) is 0.673. The molecule has 2 aromatic rings. The van der Waals surface area contributed by atoms with Crippen LogP contribution in [0.1, 0.15) is 24.2 Å². The van der Waals surface area contributed by atoms with Gasteiger partial charge in [-0.25, -0.2) is 0 Å². The molecule has 0 bridgehead atoms. The van der Waals surface area contributed by atoms with E-state index in [1.165, 1.54) is 23.1 Å². The minimum absolute atomic E-state index is 0.141. The number of hydrogen-bond donors (Lipinski definition) is 1. The van der Waals surface area contributed by atoms with Gasteiger partial charge in [-0.05, 0) is 18.4 Å². The van der Waals surface area contributed by atoms with Crippen LogP contribution >= 0.6 is 34.9 Å². The Morgan fingerprint density at radius 1 is 1.30 bits per heavy atom. The fraction of sp³-hybridized carbons (Fsp3) is 0.308. The number of hydrogen-bond acceptors (Lipinski definition) is 6. The number of anilines is 1. The van der Waals surface area contributed by atoms with Crippen molar-refractivity contribution in [3.05, 3.63) is 29.8 Å². The third-order valence-electron chi connectivity index (χ3n) is 2.30. The summed E-state index contributed by atoms with van der Waals surface area (Å²) in [5, 5.41) is 11.7. The zero-order chi connectivity index (χ0) is 14.5. The molecule has 0 saturated carbocycles. The van der Waals surface area contributed by atoms with Crippen molar-refractivity contribution in [1.29, 1.82) is 0 Å². The van der Waals surface area contributed by atoms with Crippen LogP contribution in [0.15, 0.2) is 33.5 Å². The van der Waals surface area contributed by atoms with Gasteiger partial charge in [0.15, 0.2) is 4.34 Å². The van der Waals surface area contributed by atoms with Gasteiger partial charge in [-0.3, -0.25) is 10.1 Å². The molecular weight excluding hydrogens is 310 g/mol. The molecule has 4 nitrogen and oxygen atoms in total. The van der Waals surface area contributed by atoms with E-state index in [1.54, 1.807) is 11.8 Å². The van der Waals surface area contributed by atoms with Crippen LogP contribution in [0.25, 0.3) is 0 Å². The van der Waals surface area contributed by atoms with Gasteiger partial charge in [0.2, 0.25) is 5.13 Å². The molecule has 1 aromatic carbocycles. The zero-order valence-corrected chi connectivity index (χ0v) is 13.9. The Labute approximate surface area is 130 Å². The summed E-state index contributed by atoms with van der Waals surface area (Å²) < 4.78 is 0.838. The molecule has 1 heterocycles. The third kappa shape index (κ3) is 3.97. The van der Waals surface area contributed by atoms with E-state index >= 15 is 0 Å². The molecule has 0 spiro atoms. The summed E-state index contributed by atoms with van der Waals surface area (Å²) in [6, 6.07) is 7.61. The van der Waals surface area contributed by atoms with Gasteiger partial charge in [-0.2, -0.15) is 0 Å². The van der Waals surface area contributed by atoms with Crippen molar-refractivity contribution in [2.75, 3.05) is 11.6 Å². The van der Waals surface area contributed by atoms with Gasteiger partial charge in [-0.1, -0.05) is 49.1 Å². The summed E-state index contributed by atoms with van der Waals surface area (Å²) >= 11 is 4.57. The first-order valence-electron chi connectivity index (χ1n) is 6.04. The van der Waals surface area contributed by atoms with Crippen LogP contribution in [0, 0.1) is 0 Å². The lowest BCUT2D eigenvalue weighted by Gasteiger charge is -2.10.